The molecule has 0 unspecified atom stereocenters. The Morgan fingerprint density at radius 2 is 2.12 bits per heavy atom. The molecular formula is C18H24O6. The highest BCUT2D eigenvalue weighted by molar-refractivity contribution is 5.91. The largest absolute Gasteiger partial charge is 0.462 e. The van der Waals surface area contributed by atoms with E-state index in [1.54, 1.807) is 14.0 Å². The molecule has 132 valence electrons. The molecule has 1 saturated heterocycles. The number of hydrogen-bond acceptors (Lipinski definition) is 6. The van der Waals surface area contributed by atoms with Gasteiger partial charge in [0.2, 0.25) is 0 Å². The first kappa shape index (κ1) is 17.2. The SMILES string of the molecule is C=C1C(=O)O[C@@H]2[C@@H]3C(C)=C[C@H](OC)[C@@H]3[C@](C)(O)C[C@H](OC(C)=O)[C@@H]12. The molecular weight excluding hydrogens is 312 g/mol. The number of carbonyl (C=O) groups is 2. The zero-order valence-corrected chi connectivity index (χ0v) is 14.4. The summed E-state index contributed by atoms with van der Waals surface area (Å²) < 4.78 is 16.6. The summed E-state index contributed by atoms with van der Waals surface area (Å²) in [6.07, 6.45) is 0.726. The molecule has 2 fully saturated rings. The Morgan fingerprint density at radius 3 is 2.71 bits per heavy atom. The topological polar surface area (TPSA) is 82.1 Å². The van der Waals surface area contributed by atoms with Crippen LogP contribution in [0.4, 0.5) is 0 Å². The second-order valence-corrected chi connectivity index (χ2v) is 7.29. The van der Waals surface area contributed by atoms with Gasteiger partial charge in [-0.3, -0.25) is 4.79 Å². The van der Waals surface area contributed by atoms with Gasteiger partial charge in [0.15, 0.2) is 0 Å². The summed E-state index contributed by atoms with van der Waals surface area (Å²) in [4.78, 5) is 23.7. The van der Waals surface area contributed by atoms with E-state index >= 15 is 0 Å². The van der Waals surface area contributed by atoms with Crippen LogP contribution in [0.1, 0.15) is 27.2 Å². The molecule has 0 radical (unpaired) electrons. The van der Waals surface area contributed by atoms with E-state index in [-0.39, 0.29) is 24.4 Å². The number of fused-ring (bicyclic) bond motifs is 3. The van der Waals surface area contributed by atoms with Gasteiger partial charge in [0.05, 0.1) is 17.6 Å². The van der Waals surface area contributed by atoms with E-state index in [0.717, 1.165) is 5.57 Å². The highest BCUT2D eigenvalue weighted by Crippen LogP contribution is 2.53. The van der Waals surface area contributed by atoms with Gasteiger partial charge in [0.1, 0.15) is 12.2 Å². The first-order chi connectivity index (χ1) is 11.2. The van der Waals surface area contributed by atoms with Crippen molar-refractivity contribution in [2.24, 2.45) is 17.8 Å². The summed E-state index contributed by atoms with van der Waals surface area (Å²) >= 11 is 0. The monoisotopic (exact) mass is 336 g/mol. The van der Waals surface area contributed by atoms with Crippen LogP contribution in [0.5, 0.6) is 0 Å². The summed E-state index contributed by atoms with van der Waals surface area (Å²) in [5, 5.41) is 11.2. The fourth-order valence-electron chi connectivity index (χ4n) is 4.72. The fourth-order valence-corrected chi connectivity index (χ4v) is 4.72. The lowest BCUT2D eigenvalue weighted by Gasteiger charge is -2.37. The molecule has 0 aromatic carbocycles. The molecule has 0 bridgehead atoms. The lowest BCUT2D eigenvalue weighted by Crippen LogP contribution is -2.46. The predicted octanol–water partition coefficient (Wildman–Crippen LogP) is 1.38. The van der Waals surface area contributed by atoms with E-state index in [1.165, 1.54) is 6.92 Å². The van der Waals surface area contributed by atoms with Crippen LogP contribution in [0, 0.1) is 17.8 Å². The van der Waals surface area contributed by atoms with Crippen LogP contribution in [0.3, 0.4) is 0 Å². The number of hydrogen-bond donors (Lipinski definition) is 1. The van der Waals surface area contributed by atoms with Gasteiger partial charge in [-0.05, 0) is 13.8 Å². The lowest BCUT2D eigenvalue weighted by molar-refractivity contribution is -0.152. The molecule has 0 aromatic heterocycles. The molecule has 24 heavy (non-hydrogen) atoms. The summed E-state index contributed by atoms with van der Waals surface area (Å²) in [7, 11) is 1.60. The average molecular weight is 336 g/mol. The summed E-state index contributed by atoms with van der Waals surface area (Å²) in [5.74, 6) is -1.85. The maximum absolute atomic E-state index is 12.1. The molecule has 1 saturated carbocycles. The zero-order valence-electron chi connectivity index (χ0n) is 14.4. The van der Waals surface area contributed by atoms with Crippen LogP contribution < -0.4 is 0 Å². The highest BCUT2D eigenvalue weighted by Gasteiger charge is 2.61. The number of rotatable bonds is 2. The molecule has 6 heteroatoms. The maximum atomic E-state index is 12.1. The summed E-state index contributed by atoms with van der Waals surface area (Å²) in [6.45, 7) is 8.84. The van der Waals surface area contributed by atoms with Crippen molar-refractivity contribution in [2.75, 3.05) is 7.11 Å². The van der Waals surface area contributed by atoms with Gasteiger partial charge in [-0.15, -0.1) is 0 Å². The molecule has 1 N–H and O–H groups in total. The Morgan fingerprint density at radius 1 is 1.46 bits per heavy atom. The van der Waals surface area contributed by atoms with Crippen LogP contribution >= 0.6 is 0 Å². The van der Waals surface area contributed by atoms with Crippen LogP contribution in [0.15, 0.2) is 23.8 Å². The highest BCUT2D eigenvalue weighted by atomic mass is 16.6. The van der Waals surface area contributed by atoms with E-state index in [4.69, 9.17) is 14.2 Å². The molecule has 2 aliphatic carbocycles. The minimum atomic E-state index is -1.14. The van der Waals surface area contributed by atoms with Crippen molar-refractivity contribution in [1.29, 1.82) is 0 Å². The van der Waals surface area contributed by atoms with Gasteiger partial charge < -0.3 is 19.3 Å². The van der Waals surface area contributed by atoms with Crippen molar-refractivity contribution in [2.45, 2.75) is 51.1 Å². The van der Waals surface area contributed by atoms with Gasteiger partial charge in [-0.2, -0.15) is 0 Å². The summed E-state index contributed by atoms with van der Waals surface area (Å²) in [5.41, 5.74) is 0.168. The molecule has 7 atom stereocenters. The quantitative estimate of drug-likeness (QED) is 0.466. The fraction of sp³-hybridized carbons (Fsp3) is 0.667. The predicted molar refractivity (Wildman–Crippen MR) is 84.8 cm³/mol. The molecule has 1 heterocycles. The Hall–Kier alpha value is -1.66. The number of aliphatic hydroxyl groups is 1. The van der Waals surface area contributed by atoms with Crippen molar-refractivity contribution >= 4 is 11.9 Å². The molecule has 1 aliphatic heterocycles. The minimum absolute atomic E-state index is 0.196. The molecule has 3 rings (SSSR count). The number of methoxy groups -OCH3 is 1. The number of carbonyl (C=O) groups excluding carboxylic acids is 2. The van der Waals surface area contributed by atoms with E-state index < -0.39 is 35.7 Å². The molecule has 6 nitrogen and oxygen atoms in total. The Labute approximate surface area is 141 Å². The van der Waals surface area contributed by atoms with Crippen molar-refractivity contribution < 1.29 is 28.9 Å². The van der Waals surface area contributed by atoms with E-state index in [0.29, 0.717) is 5.57 Å². The minimum Gasteiger partial charge on any atom is -0.462 e. The Bertz CT molecular complexity index is 619. The van der Waals surface area contributed by atoms with Crippen LogP contribution in [0.2, 0.25) is 0 Å². The van der Waals surface area contributed by atoms with Gasteiger partial charge in [-0.25, -0.2) is 4.79 Å². The second kappa shape index (κ2) is 5.70. The first-order valence-corrected chi connectivity index (χ1v) is 8.18. The smallest absolute Gasteiger partial charge is 0.334 e. The van der Waals surface area contributed by atoms with Crippen LogP contribution in [-0.2, 0) is 23.8 Å². The van der Waals surface area contributed by atoms with Crippen LogP contribution in [-0.4, -0.2) is 48.1 Å². The van der Waals surface area contributed by atoms with Gasteiger partial charge in [0, 0.05) is 37.9 Å². The third-order valence-electron chi connectivity index (χ3n) is 5.63. The molecule has 0 amide bonds. The average Bonchev–Trinajstić information content (AvgIpc) is 2.92. The number of ether oxygens (including phenoxy) is 3. The van der Waals surface area contributed by atoms with Gasteiger partial charge in [0.25, 0.3) is 0 Å². The third-order valence-corrected chi connectivity index (χ3v) is 5.63. The van der Waals surface area contributed by atoms with Crippen molar-refractivity contribution in [3.8, 4) is 0 Å². The Balaban J connectivity index is 2.09. The van der Waals surface area contributed by atoms with Crippen molar-refractivity contribution in [3.63, 3.8) is 0 Å². The standard InChI is InChI=1S/C18H24O6/c1-8-6-11(22-5)15-13(8)16-14(9(2)17(20)24-16)12(23-10(3)19)7-18(15,4)21/h6,11-16,21H,2,7H2,1,3-5H3/t11-,12-,13+,14+,15-,16+,18+/m0/s1. The molecule has 0 spiro atoms. The molecule has 3 aliphatic rings. The van der Waals surface area contributed by atoms with E-state index in [9.17, 15) is 14.7 Å². The van der Waals surface area contributed by atoms with E-state index in [1.807, 2.05) is 13.0 Å². The zero-order chi connectivity index (χ0) is 17.8. The maximum Gasteiger partial charge on any atom is 0.334 e. The normalized spacial score (nSPS) is 44.3. The molecule has 0 aromatic rings. The Kier molecular flexibility index (Phi) is 4.08. The van der Waals surface area contributed by atoms with Crippen LogP contribution in [0.25, 0.3) is 0 Å². The van der Waals surface area contributed by atoms with Gasteiger partial charge in [-0.1, -0.05) is 18.2 Å². The third kappa shape index (κ3) is 2.48. The first-order valence-electron chi connectivity index (χ1n) is 8.18. The van der Waals surface area contributed by atoms with Crippen molar-refractivity contribution in [1.82, 2.24) is 0 Å². The lowest BCUT2D eigenvalue weighted by atomic mass is 9.75. The van der Waals surface area contributed by atoms with E-state index in [2.05, 4.69) is 6.58 Å². The summed E-state index contributed by atoms with van der Waals surface area (Å²) in [6, 6.07) is 0. The van der Waals surface area contributed by atoms with Crippen molar-refractivity contribution in [3.05, 3.63) is 23.8 Å². The van der Waals surface area contributed by atoms with Gasteiger partial charge >= 0.3 is 11.9 Å². The number of esters is 2. The second-order valence-electron chi connectivity index (χ2n) is 7.29.